The fraction of sp³-hybridized carbons (Fsp3) is 0.760. The number of unbranched alkanes of at least 4 members (excludes halogenated alkanes) is 5. The molecule has 0 aliphatic carbocycles. The van der Waals surface area contributed by atoms with Crippen LogP contribution in [-0.2, 0) is 15.3 Å². The highest BCUT2D eigenvalue weighted by molar-refractivity contribution is 5.22. The minimum atomic E-state index is -0.706. The molecule has 0 radical (unpaired) electrons. The summed E-state index contributed by atoms with van der Waals surface area (Å²) in [6.07, 6.45) is 11.1. The van der Waals surface area contributed by atoms with E-state index in [-0.39, 0.29) is 12.2 Å². The molecule has 3 nitrogen and oxygen atoms in total. The van der Waals surface area contributed by atoms with E-state index >= 15 is 0 Å². The predicted molar refractivity (Wildman–Crippen MR) is 120 cm³/mol. The standard InChI is InChI=1S/C25H45NO2/c1-6-7-8-9-10-12-16-24(19-15-20-26)25(27-21(2)3,28-22(4)5)23-17-13-11-14-18-23/h11,13-14,17-18,21-22,24H,6-10,12,15-16,19-20,26H2,1-5H3. The third-order valence-corrected chi connectivity index (χ3v) is 5.20. The molecule has 0 saturated carbocycles. The average Bonchev–Trinajstić information content (AvgIpc) is 2.66. The molecule has 0 bridgehead atoms. The molecule has 0 spiro atoms. The summed E-state index contributed by atoms with van der Waals surface area (Å²) in [6.45, 7) is 11.4. The van der Waals surface area contributed by atoms with Gasteiger partial charge in [-0.3, -0.25) is 0 Å². The Kier molecular flexibility index (Phi) is 12.7. The van der Waals surface area contributed by atoms with Gasteiger partial charge in [0.15, 0.2) is 5.79 Å². The minimum absolute atomic E-state index is 0.0869. The second kappa shape index (κ2) is 14.1. The first-order valence-corrected chi connectivity index (χ1v) is 11.6. The van der Waals surface area contributed by atoms with Crippen molar-refractivity contribution in [3.05, 3.63) is 35.9 Å². The Morgan fingerprint density at radius 3 is 1.86 bits per heavy atom. The Hall–Kier alpha value is -0.900. The number of rotatable bonds is 16. The number of ether oxygens (including phenoxy) is 2. The van der Waals surface area contributed by atoms with Crippen LogP contribution in [0.1, 0.15) is 98.0 Å². The van der Waals surface area contributed by atoms with Gasteiger partial charge >= 0.3 is 0 Å². The van der Waals surface area contributed by atoms with Crippen LogP contribution in [0, 0.1) is 5.92 Å². The lowest BCUT2D eigenvalue weighted by Gasteiger charge is -2.43. The van der Waals surface area contributed by atoms with Gasteiger partial charge in [0, 0.05) is 11.5 Å². The first kappa shape index (κ1) is 25.1. The van der Waals surface area contributed by atoms with E-state index < -0.39 is 5.79 Å². The Labute approximate surface area is 174 Å². The summed E-state index contributed by atoms with van der Waals surface area (Å²) in [5, 5.41) is 0. The molecule has 28 heavy (non-hydrogen) atoms. The summed E-state index contributed by atoms with van der Waals surface area (Å²) in [6, 6.07) is 10.5. The van der Waals surface area contributed by atoms with E-state index in [2.05, 4.69) is 65.0 Å². The minimum Gasteiger partial charge on any atom is -0.343 e. The van der Waals surface area contributed by atoms with Crippen molar-refractivity contribution in [2.75, 3.05) is 6.54 Å². The van der Waals surface area contributed by atoms with Crippen LogP contribution >= 0.6 is 0 Å². The molecular formula is C25H45NO2. The van der Waals surface area contributed by atoms with Crippen molar-refractivity contribution in [3.8, 4) is 0 Å². The van der Waals surface area contributed by atoms with E-state index in [1.807, 2.05) is 0 Å². The highest BCUT2D eigenvalue weighted by Gasteiger charge is 2.43. The summed E-state index contributed by atoms with van der Waals surface area (Å²) in [5.74, 6) is -0.406. The van der Waals surface area contributed by atoms with E-state index in [9.17, 15) is 0 Å². The molecule has 1 aromatic carbocycles. The maximum atomic E-state index is 6.63. The molecule has 1 atom stereocenters. The maximum Gasteiger partial charge on any atom is 0.198 e. The first-order valence-electron chi connectivity index (χ1n) is 11.6. The molecule has 1 rings (SSSR count). The number of benzene rings is 1. The molecule has 3 heteroatoms. The zero-order chi connectivity index (χ0) is 20.8. The molecule has 1 aromatic rings. The van der Waals surface area contributed by atoms with Gasteiger partial charge in [0.25, 0.3) is 0 Å². The Balaban J connectivity index is 3.09. The molecule has 0 amide bonds. The lowest BCUT2D eigenvalue weighted by atomic mass is 9.83. The van der Waals surface area contributed by atoms with Crippen LogP contribution in [0.25, 0.3) is 0 Å². The van der Waals surface area contributed by atoms with E-state index in [1.165, 1.54) is 38.5 Å². The van der Waals surface area contributed by atoms with Crippen LogP contribution in [-0.4, -0.2) is 18.8 Å². The Morgan fingerprint density at radius 2 is 1.32 bits per heavy atom. The summed E-state index contributed by atoms with van der Waals surface area (Å²) >= 11 is 0. The third-order valence-electron chi connectivity index (χ3n) is 5.20. The van der Waals surface area contributed by atoms with Crippen LogP contribution in [0.5, 0.6) is 0 Å². The van der Waals surface area contributed by atoms with Crippen LogP contribution < -0.4 is 5.73 Å². The van der Waals surface area contributed by atoms with Gasteiger partial charge < -0.3 is 15.2 Å². The predicted octanol–water partition coefficient (Wildman–Crippen LogP) is 6.80. The van der Waals surface area contributed by atoms with Crippen molar-refractivity contribution < 1.29 is 9.47 Å². The normalized spacial score (nSPS) is 13.4. The molecule has 162 valence electrons. The van der Waals surface area contributed by atoms with E-state index in [0.717, 1.165) is 24.8 Å². The lowest BCUT2D eigenvalue weighted by molar-refractivity contribution is -0.308. The van der Waals surface area contributed by atoms with Gasteiger partial charge in [-0.1, -0.05) is 75.8 Å². The van der Waals surface area contributed by atoms with Crippen molar-refractivity contribution >= 4 is 0 Å². The van der Waals surface area contributed by atoms with Crippen molar-refractivity contribution in [3.63, 3.8) is 0 Å². The molecule has 0 heterocycles. The zero-order valence-corrected chi connectivity index (χ0v) is 19.1. The average molecular weight is 392 g/mol. The monoisotopic (exact) mass is 391 g/mol. The van der Waals surface area contributed by atoms with Gasteiger partial charge in [0.2, 0.25) is 0 Å². The van der Waals surface area contributed by atoms with Gasteiger partial charge in [-0.2, -0.15) is 0 Å². The molecule has 0 aliphatic rings. The molecule has 0 fully saturated rings. The molecule has 0 saturated heterocycles. The third kappa shape index (κ3) is 8.63. The maximum absolute atomic E-state index is 6.63. The lowest BCUT2D eigenvalue weighted by Crippen LogP contribution is -2.44. The van der Waals surface area contributed by atoms with Gasteiger partial charge in [-0.05, 0) is 53.5 Å². The fourth-order valence-corrected chi connectivity index (χ4v) is 4.02. The van der Waals surface area contributed by atoms with Crippen molar-refractivity contribution in [1.82, 2.24) is 0 Å². The van der Waals surface area contributed by atoms with Crippen LogP contribution in [0.3, 0.4) is 0 Å². The van der Waals surface area contributed by atoms with Crippen LogP contribution in [0.4, 0.5) is 0 Å². The van der Waals surface area contributed by atoms with Gasteiger partial charge in [-0.25, -0.2) is 0 Å². The summed E-state index contributed by atoms with van der Waals surface area (Å²) < 4.78 is 13.3. The first-order chi connectivity index (χ1) is 13.5. The van der Waals surface area contributed by atoms with Crippen molar-refractivity contribution in [1.29, 1.82) is 0 Å². The summed E-state index contributed by atoms with van der Waals surface area (Å²) in [4.78, 5) is 0. The molecule has 1 unspecified atom stereocenters. The van der Waals surface area contributed by atoms with Gasteiger partial charge in [0.05, 0.1) is 12.2 Å². The highest BCUT2D eigenvalue weighted by atomic mass is 16.7. The van der Waals surface area contributed by atoms with Gasteiger partial charge in [-0.15, -0.1) is 0 Å². The quantitative estimate of drug-likeness (QED) is 0.249. The van der Waals surface area contributed by atoms with E-state index in [1.54, 1.807) is 0 Å². The van der Waals surface area contributed by atoms with Gasteiger partial charge in [0.1, 0.15) is 0 Å². The van der Waals surface area contributed by atoms with E-state index in [0.29, 0.717) is 12.5 Å². The van der Waals surface area contributed by atoms with E-state index in [4.69, 9.17) is 15.2 Å². The Bertz CT molecular complexity index is 477. The number of hydrogen-bond donors (Lipinski definition) is 1. The SMILES string of the molecule is CCCCCCCCC(CCCN)C(OC(C)C)(OC(C)C)c1ccccc1. The highest BCUT2D eigenvalue weighted by Crippen LogP contribution is 2.42. The fourth-order valence-electron chi connectivity index (χ4n) is 4.02. The Morgan fingerprint density at radius 1 is 0.786 bits per heavy atom. The molecule has 2 N–H and O–H groups in total. The number of hydrogen-bond acceptors (Lipinski definition) is 3. The summed E-state index contributed by atoms with van der Waals surface area (Å²) in [5.41, 5.74) is 7.02. The molecule has 0 aromatic heterocycles. The summed E-state index contributed by atoms with van der Waals surface area (Å²) in [7, 11) is 0. The second-order valence-corrected chi connectivity index (χ2v) is 8.55. The van der Waals surface area contributed by atoms with Crippen LogP contribution in [0.15, 0.2) is 30.3 Å². The zero-order valence-electron chi connectivity index (χ0n) is 19.1. The molecule has 0 aliphatic heterocycles. The van der Waals surface area contributed by atoms with Crippen molar-refractivity contribution in [2.45, 2.75) is 110 Å². The van der Waals surface area contributed by atoms with Crippen LogP contribution in [0.2, 0.25) is 0 Å². The molecular weight excluding hydrogens is 346 g/mol. The second-order valence-electron chi connectivity index (χ2n) is 8.55. The largest absolute Gasteiger partial charge is 0.343 e. The van der Waals surface area contributed by atoms with Crippen molar-refractivity contribution in [2.24, 2.45) is 11.7 Å². The number of nitrogens with two attached hydrogens (primary N) is 1. The topological polar surface area (TPSA) is 44.5 Å². The smallest absolute Gasteiger partial charge is 0.198 e.